The first kappa shape index (κ1) is 19.0. The second-order valence-electron chi connectivity index (χ2n) is 4.51. The molecular formula is C12H22Br2N6. The molecular weight excluding hydrogens is 388 g/mol. The van der Waals surface area contributed by atoms with Crippen LogP contribution in [0.5, 0.6) is 0 Å². The normalized spacial score (nSPS) is 12.8. The van der Waals surface area contributed by atoms with E-state index < -0.39 is 0 Å². The molecule has 2 atom stereocenters. The van der Waals surface area contributed by atoms with Gasteiger partial charge in [0.1, 0.15) is 12.7 Å². The molecule has 0 radical (unpaired) electrons. The van der Waals surface area contributed by atoms with Gasteiger partial charge in [0.15, 0.2) is 0 Å². The van der Waals surface area contributed by atoms with Crippen LogP contribution in [-0.4, -0.2) is 45.5 Å². The van der Waals surface area contributed by atoms with Gasteiger partial charge >= 0.3 is 0 Å². The van der Waals surface area contributed by atoms with E-state index in [1.54, 1.807) is 25.0 Å². The Bertz CT molecular complexity index is 414. The average molecular weight is 410 g/mol. The van der Waals surface area contributed by atoms with Crippen LogP contribution in [0.2, 0.25) is 0 Å². The van der Waals surface area contributed by atoms with Crippen molar-refractivity contribution in [3.63, 3.8) is 0 Å². The van der Waals surface area contributed by atoms with Crippen molar-refractivity contribution in [3.8, 4) is 0 Å². The van der Waals surface area contributed by atoms with Crippen molar-refractivity contribution in [1.82, 2.24) is 19.3 Å². The second kappa shape index (κ2) is 8.31. The zero-order valence-corrected chi connectivity index (χ0v) is 15.5. The van der Waals surface area contributed by atoms with Crippen molar-refractivity contribution in [2.75, 3.05) is 24.1 Å². The minimum Gasteiger partial charge on any atom is -0.310 e. The summed E-state index contributed by atoms with van der Waals surface area (Å²) in [5, 5.41) is 4.32. The molecule has 2 rings (SSSR count). The molecule has 0 saturated heterocycles. The Hall–Kier alpha value is -1.02. The zero-order valence-electron chi connectivity index (χ0n) is 12.1. The lowest BCUT2D eigenvalue weighted by atomic mass is 10.1. The van der Waals surface area contributed by atoms with E-state index in [0.717, 1.165) is 0 Å². The fraction of sp³-hybridized carbons (Fsp3) is 0.500. The van der Waals surface area contributed by atoms with Crippen molar-refractivity contribution >= 4 is 34.0 Å². The maximum Gasteiger partial charge on any atom is 0.114 e. The van der Waals surface area contributed by atoms with Gasteiger partial charge in [-0.2, -0.15) is 0 Å². The lowest BCUT2D eigenvalue weighted by molar-refractivity contribution is 0.419. The molecule has 0 amide bonds. The first-order valence-corrected chi connectivity index (χ1v) is 6.03. The summed E-state index contributed by atoms with van der Waals surface area (Å²) in [5.41, 5.74) is 0. The van der Waals surface area contributed by atoms with Crippen LogP contribution in [0.3, 0.4) is 0 Å². The molecule has 0 bridgehead atoms. The SMILES string of the molecule is Br.Br.CC(C(C)N(C)n1ccnc1)N(C)n1ccnc1. The lowest BCUT2D eigenvalue weighted by Gasteiger charge is -2.37. The summed E-state index contributed by atoms with van der Waals surface area (Å²) >= 11 is 0. The molecule has 0 aliphatic rings. The van der Waals surface area contributed by atoms with Crippen molar-refractivity contribution in [3.05, 3.63) is 37.4 Å². The predicted molar refractivity (Wildman–Crippen MR) is 92.3 cm³/mol. The van der Waals surface area contributed by atoms with Gasteiger partial charge in [0, 0.05) is 38.9 Å². The number of likely N-dealkylation sites (N-methyl/N-ethyl adjacent to an activating group) is 2. The molecule has 6 nitrogen and oxygen atoms in total. The van der Waals surface area contributed by atoms with Crippen LogP contribution in [0.25, 0.3) is 0 Å². The van der Waals surface area contributed by atoms with Gasteiger partial charge in [-0.25, -0.2) is 9.97 Å². The van der Waals surface area contributed by atoms with Crippen LogP contribution < -0.4 is 10.0 Å². The summed E-state index contributed by atoms with van der Waals surface area (Å²) in [4.78, 5) is 8.14. The van der Waals surface area contributed by atoms with E-state index in [0.29, 0.717) is 12.1 Å². The Balaban J connectivity index is 0.00000180. The molecule has 0 fully saturated rings. The number of aromatic nitrogens is 4. The monoisotopic (exact) mass is 408 g/mol. The van der Waals surface area contributed by atoms with Crippen LogP contribution in [0, 0.1) is 0 Å². The quantitative estimate of drug-likeness (QED) is 0.755. The first-order chi connectivity index (χ1) is 8.61. The molecule has 0 spiro atoms. The molecule has 2 unspecified atom stereocenters. The number of halogens is 2. The Morgan fingerprint density at radius 3 is 1.40 bits per heavy atom. The maximum atomic E-state index is 4.07. The first-order valence-electron chi connectivity index (χ1n) is 6.03. The molecule has 0 aromatic carbocycles. The third kappa shape index (κ3) is 3.99. The van der Waals surface area contributed by atoms with E-state index in [9.17, 15) is 0 Å². The number of imidazole rings is 2. The lowest BCUT2D eigenvalue weighted by Crippen LogP contribution is -2.53. The topological polar surface area (TPSA) is 42.1 Å². The van der Waals surface area contributed by atoms with Crippen LogP contribution in [0.15, 0.2) is 37.4 Å². The van der Waals surface area contributed by atoms with Gasteiger partial charge in [0.25, 0.3) is 0 Å². The van der Waals surface area contributed by atoms with Gasteiger partial charge < -0.3 is 10.0 Å². The molecule has 20 heavy (non-hydrogen) atoms. The van der Waals surface area contributed by atoms with E-state index in [1.165, 1.54) is 0 Å². The molecule has 0 saturated carbocycles. The Morgan fingerprint density at radius 1 is 0.800 bits per heavy atom. The summed E-state index contributed by atoms with van der Waals surface area (Å²) in [6.45, 7) is 4.39. The van der Waals surface area contributed by atoms with Gasteiger partial charge in [-0.05, 0) is 13.8 Å². The Kier molecular flexibility index (Phi) is 7.88. The van der Waals surface area contributed by atoms with E-state index in [1.807, 2.05) is 21.7 Å². The van der Waals surface area contributed by atoms with Gasteiger partial charge in [-0.3, -0.25) is 9.35 Å². The molecule has 114 valence electrons. The second-order valence-corrected chi connectivity index (χ2v) is 4.51. The summed E-state index contributed by atoms with van der Waals surface area (Å²) in [5.74, 6) is 0. The Morgan fingerprint density at radius 2 is 1.15 bits per heavy atom. The van der Waals surface area contributed by atoms with E-state index in [4.69, 9.17) is 0 Å². The smallest absolute Gasteiger partial charge is 0.114 e. The minimum absolute atomic E-state index is 0. The number of hydrogen-bond donors (Lipinski definition) is 0. The molecule has 2 heterocycles. The third-order valence-corrected chi connectivity index (χ3v) is 3.59. The van der Waals surface area contributed by atoms with Crippen molar-refractivity contribution < 1.29 is 0 Å². The molecule has 0 N–H and O–H groups in total. The summed E-state index contributed by atoms with van der Waals surface area (Å²) in [7, 11) is 4.12. The number of hydrogen-bond acceptors (Lipinski definition) is 4. The van der Waals surface area contributed by atoms with Gasteiger partial charge in [0.05, 0.1) is 12.1 Å². The fourth-order valence-electron chi connectivity index (χ4n) is 1.92. The predicted octanol–water partition coefficient (Wildman–Crippen LogP) is 1.85. The van der Waals surface area contributed by atoms with Crippen LogP contribution >= 0.6 is 34.0 Å². The van der Waals surface area contributed by atoms with Gasteiger partial charge in [-0.1, -0.05) is 0 Å². The number of nitrogens with zero attached hydrogens (tertiary/aromatic N) is 6. The average Bonchev–Trinajstić information content (AvgIpc) is 3.06. The van der Waals surface area contributed by atoms with Crippen molar-refractivity contribution in [2.24, 2.45) is 0 Å². The summed E-state index contributed by atoms with van der Waals surface area (Å²) < 4.78 is 3.98. The maximum absolute atomic E-state index is 4.07. The third-order valence-electron chi connectivity index (χ3n) is 3.59. The standard InChI is InChI=1S/C12H20N6.2BrH/c1-11(15(3)17-7-5-13-9-17)12(2)16(4)18-8-6-14-10-18;;/h5-12H,1-4H3;2*1H. The largest absolute Gasteiger partial charge is 0.310 e. The number of rotatable bonds is 5. The molecule has 0 aliphatic carbocycles. The molecule has 2 aromatic rings. The van der Waals surface area contributed by atoms with E-state index in [2.05, 4.69) is 47.9 Å². The highest BCUT2D eigenvalue weighted by molar-refractivity contribution is 8.93. The molecule has 0 aliphatic heterocycles. The van der Waals surface area contributed by atoms with Gasteiger partial charge in [-0.15, -0.1) is 34.0 Å². The van der Waals surface area contributed by atoms with Crippen molar-refractivity contribution in [2.45, 2.75) is 25.9 Å². The molecule has 2 aromatic heterocycles. The van der Waals surface area contributed by atoms with Gasteiger partial charge in [0.2, 0.25) is 0 Å². The zero-order chi connectivity index (χ0) is 13.1. The fourth-order valence-corrected chi connectivity index (χ4v) is 1.92. The Labute approximate surface area is 140 Å². The van der Waals surface area contributed by atoms with Crippen LogP contribution in [0.4, 0.5) is 0 Å². The summed E-state index contributed by atoms with van der Waals surface area (Å²) in [6.07, 6.45) is 11.1. The van der Waals surface area contributed by atoms with E-state index in [-0.39, 0.29) is 34.0 Å². The van der Waals surface area contributed by atoms with Crippen molar-refractivity contribution in [1.29, 1.82) is 0 Å². The summed E-state index contributed by atoms with van der Waals surface area (Å²) in [6, 6.07) is 0.651. The highest BCUT2D eigenvalue weighted by Crippen LogP contribution is 2.07. The minimum atomic E-state index is 0. The van der Waals surface area contributed by atoms with E-state index >= 15 is 0 Å². The highest BCUT2D eigenvalue weighted by Gasteiger charge is 2.21. The van der Waals surface area contributed by atoms with Crippen LogP contribution in [0.1, 0.15) is 13.8 Å². The van der Waals surface area contributed by atoms with Crippen LogP contribution in [-0.2, 0) is 0 Å². The molecule has 8 heteroatoms. The highest BCUT2D eigenvalue weighted by atomic mass is 79.9.